The van der Waals surface area contributed by atoms with Crippen LogP contribution in [0.2, 0.25) is 0 Å². The molecule has 0 bridgehead atoms. The van der Waals surface area contributed by atoms with E-state index in [0.29, 0.717) is 12.2 Å². The van der Waals surface area contributed by atoms with Gasteiger partial charge in [-0.1, -0.05) is 11.6 Å². The average molecular weight is 206 g/mol. The monoisotopic (exact) mass is 206 g/mol. The Kier molecular flexibility index (Phi) is 3.14. The molecule has 74 valence electrons. The zero-order chi connectivity index (χ0) is 9.80. The van der Waals surface area contributed by atoms with Crippen LogP contribution in [-0.4, -0.2) is 5.78 Å². The first kappa shape index (κ1) is 9.66. The Morgan fingerprint density at radius 2 is 2.21 bits per heavy atom. The van der Waals surface area contributed by atoms with E-state index in [1.54, 1.807) is 11.3 Å². The predicted octanol–water partition coefficient (Wildman–Crippen LogP) is 3.36. The maximum atomic E-state index is 11.0. The summed E-state index contributed by atoms with van der Waals surface area (Å²) in [4.78, 5) is 11.0. The Morgan fingerprint density at radius 3 is 2.86 bits per heavy atom. The van der Waals surface area contributed by atoms with Gasteiger partial charge in [0, 0.05) is 12.8 Å². The van der Waals surface area contributed by atoms with Gasteiger partial charge in [-0.05, 0) is 41.7 Å². The van der Waals surface area contributed by atoms with Crippen molar-refractivity contribution in [1.82, 2.24) is 0 Å². The van der Waals surface area contributed by atoms with E-state index in [9.17, 15) is 4.79 Å². The van der Waals surface area contributed by atoms with E-state index < -0.39 is 0 Å². The van der Waals surface area contributed by atoms with Crippen molar-refractivity contribution in [2.24, 2.45) is 0 Å². The molecule has 1 nitrogen and oxygen atoms in total. The molecule has 1 aromatic rings. The molecule has 0 saturated heterocycles. The lowest BCUT2D eigenvalue weighted by Gasteiger charge is -2.11. The smallest absolute Gasteiger partial charge is 0.136 e. The Hall–Kier alpha value is -0.890. The SMILES string of the molecule is O=C1CC=C(CCc2ccsc2)CC1. The predicted molar refractivity (Wildman–Crippen MR) is 59.6 cm³/mol. The van der Waals surface area contributed by atoms with Gasteiger partial charge in [-0.25, -0.2) is 0 Å². The van der Waals surface area contributed by atoms with Gasteiger partial charge in [0.05, 0.1) is 0 Å². The summed E-state index contributed by atoms with van der Waals surface area (Å²) in [6.45, 7) is 0. The highest BCUT2D eigenvalue weighted by Crippen LogP contribution is 2.20. The second-order valence-electron chi connectivity index (χ2n) is 3.74. The molecule has 0 N–H and O–H groups in total. The number of hydrogen-bond acceptors (Lipinski definition) is 2. The van der Waals surface area contributed by atoms with Gasteiger partial charge in [-0.15, -0.1) is 0 Å². The van der Waals surface area contributed by atoms with Gasteiger partial charge < -0.3 is 0 Å². The van der Waals surface area contributed by atoms with Gasteiger partial charge in [0.2, 0.25) is 0 Å². The lowest BCUT2D eigenvalue weighted by atomic mass is 9.94. The molecular formula is C12H14OS. The third-order valence-electron chi connectivity index (χ3n) is 2.66. The first-order valence-electron chi connectivity index (χ1n) is 5.05. The molecule has 1 heterocycles. The van der Waals surface area contributed by atoms with E-state index in [-0.39, 0.29) is 0 Å². The summed E-state index contributed by atoms with van der Waals surface area (Å²) in [5.41, 5.74) is 2.89. The van der Waals surface area contributed by atoms with Crippen LogP contribution in [-0.2, 0) is 11.2 Å². The lowest BCUT2D eigenvalue weighted by molar-refractivity contribution is -0.118. The average Bonchev–Trinajstić information content (AvgIpc) is 2.70. The normalized spacial score (nSPS) is 16.9. The number of rotatable bonds is 3. The molecule has 0 aromatic carbocycles. The molecule has 1 aromatic heterocycles. The highest BCUT2D eigenvalue weighted by Gasteiger charge is 2.09. The molecule has 1 aliphatic rings. The molecule has 0 fully saturated rings. The van der Waals surface area contributed by atoms with Crippen molar-refractivity contribution in [3.05, 3.63) is 34.0 Å². The zero-order valence-corrected chi connectivity index (χ0v) is 8.98. The maximum absolute atomic E-state index is 11.0. The van der Waals surface area contributed by atoms with Crippen molar-refractivity contribution in [2.75, 3.05) is 0 Å². The van der Waals surface area contributed by atoms with Crippen LogP contribution in [0.15, 0.2) is 28.5 Å². The van der Waals surface area contributed by atoms with E-state index in [1.165, 1.54) is 11.1 Å². The standard InChI is InChI=1S/C12H14OS/c13-12-5-3-10(4-6-12)1-2-11-7-8-14-9-11/h3,7-9H,1-2,4-6H2. The van der Waals surface area contributed by atoms with Crippen LogP contribution >= 0.6 is 11.3 Å². The van der Waals surface area contributed by atoms with Crippen LogP contribution in [0.25, 0.3) is 0 Å². The Bertz CT molecular complexity index is 335. The molecule has 2 heteroatoms. The lowest BCUT2D eigenvalue weighted by Crippen LogP contribution is -2.04. The quantitative estimate of drug-likeness (QED) is 0.693. The number of ketones is 1. The summed E-state index contributed by atoms with van der Waals surface area (Å²) in [6, 6.07) is 2.18. The topological polar surface area (TPSA) is 17.1 Å². The highest BCUT2D eigenvalue weighted by molar-refractivity contribution is 7.07. The number of hydrogen-bond donors (Lipinski definition) is 0. The zero-order valence-electron chi connectivity index (χ0n) is 8.16. The van der Waals surface area contributed by atoms with Crippen molar-refractivity contribution in [1.29, 1.82) is 0 Å². The van der Waals surface area contributed by atoms with Gasteiger partial charge in [0.1, 0.15) is 5.78 Å². The van der Waals surface area contributed by atoms with Crippen molar-refractivity contribution in [2.45, 2.75) is 32.1 Å². The molecule has 0 aliphatic heterocycles. The highest BCUT2D eigenvalue weighted by atomic mass is 32.1. The van der Waals surface area contributed by atoms with Crippen LogP contribution in [0, 0.1) is 0 Å². The van der Waals surface area contributed by atoms with Gasteiger partial charge in [0.15, 0.2) is 0 Å². The van der Waals surface area contributed by atoms with Crippen LogP contribution < -0.4 is 0 Å². The number of carbonyl (C=O) groups excluding carboxylic acids is 1. The van der Waals surface area contributed by atoms with E-state index in [2.05, 4.69) is 22.9 Å². The number of thiophene rings is 1. The minimum atomic E-state index is 0.393. The van der Waals surface area contributed by atoms with Crippen molar-refractivity contribution in [3.8, 4) is 0 Å². The molecule has 0 amide bonds. The van der Waals surface area contributed by atoms with Gasteiger partial charge in [-0.2, -0.15) is 11.3 Å². The van der Waals surface area contributed by atoms with Crippen LogP contribution in [0.5, 0.6) is 0 Å². The van der Waals surface area contributed by atoms with Crippen molar-refractivity contribution in [3.63, 3.8) is 0 Å². The summed E-state index contributed by atoms with van der Waals surface area (Å²) in [5.74, 6) is 0.393. The molecule has 1 aliphatic carbocycles. The van der Waals surface area contributed by atoms with E-state index in [1.807, 2.05) is 0 Å². The van der Waals surface area contributed by atoms with Crippen molar-refractivity contribution >= 4 is 17.1 Å². The molecule has 2 rings (SSSR count). The van der Waals surface area contributed by atoms with Gasteiger partial charge in [0.25, 0.3) is 0 Å². The first-order chi connectivity index (χ1) is 6.84. The summed E-state index contributed by atoms with van der Waals surface area (Å²) in [5, 5.41) is 4.32. The Labute approximate surface area is 88.5 Å². The van der Waals surface area contributed by atoms with Gasteiger partial charge >= 0.3 is 0 Å². The van der Waals surface area contributed by atoms with Crippen molar-refractivity contribution < 1.29 is 4.79 Å². The number of Topliss-reactive ketones (excluding diaryl/α,β-unsaturated/α-hetero) is 1. The molecule has 0 unspecified atom stereocenters. The van der Waals surface area contributed by atoms with E-state index in [0.717, 1.165) is 25.7 Å². The maximum Gasteiger partial charge on any atom is 0.136 e. The molecule has 14 heavy (non-hydrogen) atoms. The van der Waals surface area contributed by atoms with Crippen LogP contribution in [0.4, 0.5) is 0 Å². The number of aryl methyl sites for hydroxylation is 1. The number of carbonyl (C=O) groups is 1. The Balaban J connectivity index is 1.84. The van der Waals surface area contributed by atoms with Crippen LogP contribution in [0.3, 0.4) is 0 Å². The fraction of sp³-hybridized carbons (Fsp3) is 0.417. The molecule has 0 saturated carbocycles. The fourth-order valence-electron chi connectivity index (χ4n) is 1.73. The van der Waals surface area contributed by atoms with Gasteiger partial charge in [-0.3, -0.25) is 4.79 Å². The summed E-state index contributed by atoms with van der Waals surface area (Å²) in [6.07, 6.45) is 6.79. The largest absolute Gasteiger partial charge is 0.299 e. The minimum absolute atomic E-state index is 0.393. The molecule has 0 atom stereocenters. The Morgan fingerprint density at radius 1 is 1.29 bits per heavy atom. The summed E-state index contributed by atoms with van der Waals surface area (Å²) >= 11 is 1.75. The first-order valence-corrected chi connectivity index (χ1v) is 5.99. The van der Waals surface area contributed by atoms with Crippen LogP contribution in [0.1, 0.15) is 31.2 Å². The third-order valence-corrected chi connectivity index (χ3v) is 3.39. The second-order valence-corrected chi connectivity index (χ2v) is 4.52. The number of allylic oxidation sites excluding steroid dienone is 2. The molecule has 0 radical (unpaired) electrons. The molecule has 0 spiro atoms. The summed E-state index contributed by atoms with van der Waals surface area (Å²) < 4.78 is 0. The minimum Gasteiger partial charge on any atom is -0.299 e. The second kappa shape index (κ2) is 4.56. The van der Waals surface area contributed by atoms with E-state index in [4.69, 9.17) is 0 Å². The van der Waals surface area contributed by atoms with E-state index >= 15 is 0 Å². The molecular weight excluding hydrogens is 192 g/mol. The summed E-state index contributed by atoms with van der Waals surface area (Å²) in [7, 11) is 0. The fourth-order valence-corrected chi connectivity index (χ4v) is 2.43. The third kappa shape index (κ3) is 2.55.